The van der Waals surface area contributed by atoms with E-state index in [-0.39, 0.29) is 18.4 Å². The number of nitrogens with two attached hydrogens (primary N) is 1. The molecule has 0 spiro atoms. The number of amides is 1. The number of aliphatic carboxylic acids is 1. The van der Waals surface area contributed by atoms with Crippen LogP contribution in [0.1, 0.15) is 59.8 Å². The van der Waals surface area contributed by atoms with Gasteiger partial charge < -0.3 is 16.2 Å². The van der Waals surface area contributed by atoms with E-state index < -0.39 is 12.0 Å². The van der Waals surface area contributed by atoms with Crippen molar-refractivity contribution >= 4 is 11.9 Å². The van der Waals surface area contributed by atoms with Crippen LogP contribution in [0.25, 0.3) is 0 Å². The van der Waals surface area contributed by atoms with Gasteiger partial charge in [-0.1, -0.05) is 40.5 Å². The first-order valence-corrected chi connectivity index (χ1v) is 7.53. The van der Waals surface area contributed by atoms with Crippen molar-refractivity contribution in [2.75, 3.05) is 0 Å². The minimum absolute atomic E-state index is 0.0474. The fourth-order valence-corrected chi connectivity index (χ4v) is 2.42. The molecule has 0 rings (SSSR count). The Bertz CT molecular complexity index is 305. The van der Waals surface area contributed by atoms with Crippen molar-refractivity contribution in [3.8, 4) is 0 Å². The van der Waals surface area contributed by atoms with E-state index >= 15 is 0 Å². The molecule has 0 saturated carbocycles. The summed E-state index contributed by atoms with van der Waals surface area (Å²) in [5.41, 5.74) is 5.83. The van der Waals surface area contributed by atoms with E-state index in [1.807, 2.05) is 13.8 Å². The monoisotopic (exact) mass is 286 g/mol. The summed E-state index contributed by atoms with van der Waals surface area (Å²) in [5.74, 6) is -0.399. The number of carboxylic acids is 1. The molecule has 118 valence electrons. The van der Waals surface area contributed by atoms with Crippen molar-refractivity contribution in [1.82, 2.24) is 5.32 Å². The average Bonchev–Trinajstić information content (AvgIpc) is 2.26. The highest BCUT2D eigenvalue weighted by Gasteiger charge is 2.22. The van der Waals surface area contributed by atoms with Crippen molar-refractivity contribution < 1.29 is 14.7 Å². The van der Waals surface area contributed by atoms with Gasteiger partial charge in [0.15, 0.2) is 0 Å². The second-order valence-corrected chi connectivity index (χ2v) is 6.17. The van der Waals surface area contributed by atoms with Crippen molar-refractivity contribution in [1.29, 1.82) is 0 Å². The summed E-state index contributed by atoms with van der Waals surface area (Å²) in [5, 5.41) is 11.7. The van der Waals surface area contributed by atoms with Gasteiger partial charge in [-0.15, -0.1) is 0 Å². The highest BCUT2D eigenvalue weighted by Crippen LogP contribution is 2.15. The fourth-order valence-electron chi connectivity index (χ4n) is 2.42. The van der Waals surface area contributed by atoms with E-state index in [9.17, 15) is 9.59 Å². The number of hydrogen-bond acceptors (Lipinski definition) is 3. The van der Waals surface area contributed by atoms with Gasteiger partial charge in [-0.3, -0.25) is 9.59 Å². The Kier molecular flexibility index (Phi) is 9.21. The van der Waals surface area contributed by atoms with Crippen LogP contribution in [-0.4, -0.2) is 29.1 Å². The van der Waals surface area contributed by atoms with E-state index in [4.69, 9.17) is 10.8 Å². The van der Waals surface area contributed by atoms with Gasteiger partial charge in [0, 0.05) is 6.04 Å². The zero-order chi connectivity index (χ0) is 15.7. The van der Waals surface area contributed by atoms with Gasteiger partial charge in [0.25, 0.3) is 0 Å². The van der Waals surface area contributed by atoms with Crippen LogP contribution in [-0.2, 0) is 9.59 Å². The van der Waals surface area contributed by atoms with E-state index in [2.05, 4.69) is 19.2 Å². The number of nitrogens with one attached hydrogen (secondary N) is 1. The molecule has 0 saturated heterocycles. The number of hydrogen-bond donors (Lipinski definition) is 3. The first kappa shape index (κ1) is 18.9. The van der Waals surface area contributed by atoms with Crippen LogP contribution in [0.4, 0.5) is 0 Å². The van der Waals surface area contributed by atoms with E-state index in [1.165, 1.54) is 0 Å². The third-order valence-corrected chi connectivity index (χ3v) is 3.30. The average molecular weight is 286 g/mol. The molecule has 5 heteroatoms. The van der Waals surface area contributed by atoms with Crippen molar-refractivity contribution in [3.05, 3.63) is 0 Å². The third kappa shape index (κ3) is 8.91. The summed E-state index contributed by atoms with van der Waals surface area (Å²) in [7, 11) is 0. The maximum Gasteiger partial charge on any atom is 0.305 e. The molecule has 0 aromatic carbocycles. The Morgan fingerprint density at radius 1 is 1.20 bits per heavy atom. The zero-order valence-electron chi connectivity index (χ0n) is 13.2. The lowest BCUT2D eigenvalue weighted by Crippen LogP contribution is -2.47. The standard InChI is InChI=1S/C15H30N2O3/c1-5-6-11(4)8-12(9-14(18)19)17-15(20)13(16)7-10(2)3/h10-13H,5-9,16H2,1-4H3,(H,17,20)(H,18,19). The lowest BCUT2D eigenvalue weighted by Gasteiger charge is -2.23. The number of carboxylic acid groups (broad SMARTS) is 1. The highest BCUT2D eigenvalue weighted by atomic mass is 16.4. The molecule has 1 amide bonds. The van der Waals surface area contributed by atoms with E-state index in [0.717, 1.165) is 12.8 Å². The van der Waals surface area contributed by atoms with Gasteiger partial charge in [0.05, 0.1) is 12.5 Å². The normalized spacial score (nSPS) is 15.7. The molecule has 0 aliphatic heterocycles. The molecular weight excluding hydrogens is 256 g/mol. The van der Waals surface area contributed by atoms with Gasteiger partial charge >= 0.3 is 5.97 Å². The van der Waals surface area contributed by atoms with Gasteiger partial charge in [0.1, 0.15) is 0 Å². The van der Waals surface area contributed by atoms with Crippen molar-refractivity contribution in [2.24, 2.45) is 17.6 Å². The van der Waals surface area contributed by atoms with Crippen LogP contribution < -0.4 is 11.1 Å². The van der Waals surface area contributed by atoms with Crippen LogP contribution >= 0.6 is 0 Å². The first-order chi connectivity index (χ1) is 9.26. The Morgan fingerprint density at radius 2 is 1.80 bits per heavy atom. The SMILES string of the molecule is CCCC(C)CC(CC(=O)O)NC(=O)C(N)CC(C)C. The third-order valence-electron chi connectivity index (χ3n) is 3.30. The molecule has 0 bridgehead atoms. The van der Waals surface area contributed by atoms with E-state index in [1.54, 1.807) is 0 Å². The maximum absolute atomic E-state index is 12.0. The first-order valence-electron chi connectivity index (χ1n) is 7.53. The van der Waals surface area contributed by atoms with Gasteiger partial charge in [-0.25, -0.2) is 0 Å². The molecule has 3 unspecified atom stereocenters. The molecule has 0 fully saturated rings. The second-order valence-electron chi connectivity index (χ2n) is 6.17. The summed E-state index contributed by atoms with van der Waals surface area (Å²) >= 11 is 0. The van der Waals surface area contributed by atoms with Crippen LogP contribution in [0.15, 0.2) is 0 Å². The summed E-state index contributed by atoms with van der Waals surface area (Å²) in [6.45, 7) is 8.19. The van der Waals surface area contributed by atoms with Gasteiger partial charge in [0.2, 0.25) is 5.91 Å². The lowest BCUT2D eigenvalue weighted by molar-refractivity contribution is -0.137. The Morgan fingerprint density at radius 3 is 2.25 bits per heavy atom. The molecule has 3 atom stereocenters. The quantitative estimate of drug-likeness (QED) is 0.573. The summed E-state index contributed by atoms with van der Waals surface area (Å²) < 4.78 is 0. The van der Waals surface area contributed by atoms with Gasteiger partial charge in [-0.2, -0.15) is 0 Å². The number of rotatable bonds is 10. The molecule has 4 N–H and O–H groups in total. The predicted molar refractivity (Wildman–Crippen MR) is 80.3 cm³/mol. The molecule has 0 heterocycles. The molecule has 0 aromatic rings. The molecular formula is C15H30N2O3. The maximum atomic E-state index is 12.0. The Hall–Kier alpha value is -1.10. The van der Waals surface area contributed by atoms with Crippen molar-refractivity contribution in [3.63, 3.8) is 0 Å². The lowest BCUT2D eigenvalue weighted by atomic mass is 9.95. The van der Waals surface area contributed by atoms with Crippen molar-refractivity contribution in [2.45, 2.75) is 71.9 Å². The second kappa shape index (κ2) is 9.75. The number of carbonyl (C=O) groups is 2. The molecule has 0 aromatic heterocycles. The molecule has 0 aliphatic carbocycles. The minimum Gasteiger partial charge on any atom is -0.481 e. The molecule has 0 aliphatic rings. The predicted octanol–water partition coefficient (Wildman–Crippen LogP) is 2.15. The summed E-state index contributed by atoms with van der Waals surface area (Å²) in [4.78, 5) is 22.9. The molecule has 20 heavy (non-hydrogen) atoms. The highest BCUT2D eigenvalue weighted by molar-refractivity contribution is 5.82. The molecule has 5 nitrogen and oxygen atoms in total. The summed E-state index contributed by atoms with van der Waals surface area (Å²) in [6, 6.07) is -0.896. The topological polar surface area (TPSA) is 92.4 Å². The van der Waals surface area contributed by atoms with Crippen LogP contribution in [0.5, 0.6) is 0 Å². The minimum atomic E-state index is -0.892. The molecule has 0 radical (unpaired) electrons. The zero-order valence-corrected chi connectivity index (χ0v) is 13.2. The Labute approximate surface area is 122 Å². The van der Waals surface area contributed by atoms with Crippen LogP contribution in [0.2, 0.25) is 0 Å². The van der Waals surface area contributed by atoms with E-state index in [0.29, 0.717) is 24.7 Å². The fraction of sp³-hybridized carbons (Fsp3) is 0.867. The Balaban J connectivity index is 4.47. The van der Waals surface area contributed by atoms with Crippen LogP contribution in [0, 0.1) is 11.8 Å². The largest absolute Gasteiger partial charge is 0.481 e. The summed E-state index contributed by atoms with van der Waals surface area (Å²) in [6.07, 6.45) is 3.33. The van der Waals surface area contributed by atoms with Gasteiger partial charge in [-0.05, 0) is 24.7 Å². The van der Waals surface area contributed by atoms with Crippen LogP contribution in [0.3, 0.4) is 0 Å². The smallest absolute Gasteiger partial charge is 0.305 e. The number of carbonyl (C=O) groups excluding carboxylic acids is 1.